The van der Waals surface area contributed by atoms with Crippen molar-refractivity contribution in [3.8, 4) is 0 Å². The molecule has 0 aliphatic carbocycles. The molecule has 92 valence electrons. The van der Waals surface area contributed by atoms with Crippen molar-refractivity contribution in [2.45, 2.75) is 10.0 Å². The molecule has 15 heavy (non-hydrogen) atoms. The lowest BCUT2D eigenvalue weighted by atomic mass is 10.3. The molecular formula is C9H17Cl2IO3. The van der Waals surface area contributed by atoms with Crippen LogP contribution in [0.15, 0.2) is 0 Å². The SMILES string of the molecule is COCCOCCOC(CCl)C(I)CCl. The van der Waals surface area contributed by atoms with Gasteiger partial charge in [-0.1, -0.05) is 22.6 Å². The van der Waals surface area contributed by atoms with E-state index in [1.54, 1.807) is 7.11 Å². The molecule has 0 heterocycles. The summed E-state index contributed by atoms with van der Waals surface area (Å²) in [7, 11) is 1.64. The van der Waals surface area contributed by atoms with Gasteiger partial charge in [-0.2, -0.15) is 0 Å². The van der Waals surface area contributed by atoms with E-state index in [1.807, 2.05) is 0 Å². The number of methoxy groups -OCH3 is 1. The van der Waals surface area contributed by atoms with Gasteiger partial charge < -0.3 is 14.2 Å². The molecule has 0 aliphatic rings. The van der Waals surface area contributed by atoms with Gasteiger partial charge in [0, 0.05) is 18.9 Å². The quantitative estimate of drug-likeness (QED) is 0.335. The second kappa shape index (κ2) is 11.7. The van der Waals surface area contributed by atoms with Crippen LogP contribution < -0.4 is 0 Å². The van der Waals surface area contributed by atoms with Crippen molar-refractivity contribution in [2.24, 2.45) is 0 Å². The van der Waals surface area contributed by atoms with Gasteiger partial charge in [-0.05, 0) is 0 Å². The molecule has 2 unspecified atom stereocenters. The number of alkyl halides is 3. The minimum Gasteiger partial charge on any atom is -0.382 e. The molecule has 0 spiro atoms. The summed E-state index contributed by atoms with van der Waals surface area (Å²) in [6, 6.07) is 0. The molecule has 0 bridgehead atoms. The molecule has 0 N–H and O–H groups in total. The molecule has 0 amide bonds. The minimum absolute atomic E-state index is 0.00390. The van der Waals surface area contributed by atoms with Crippen molar-refractivity contribution in [1.29, 1.82) is 0 Å². The molecule has 0 fully saturated rings. The van der Waals surface area contributed by atoms with Gasteiger partial charge in [0.15, 0.2) is 0 Å². The van der Waals surface area contributed by atoms with E-state index in [9.17, 15) is 0 Å². The van der Waals surface area contributed by atoms with Gasteiger partial charge in [-0.3, -0.25) is 0 Å². The van der Waals surface area contributed by atoms with Crippen LogP contribution in [0.4, 0.5) is 0 Å². The molecule has 0 aliphatic heterocycles. The van der Waals surface area contributed by atoms with Crippen molar-refractivity contribution in [3.63, 3.8) is 0 Å². The second-order valence-electron chi connectivity index (χ2n) is 2.84. The first-order valence-electron chi connectivity index (χ1n) is 4.70. The summed E-state index contributed by atoms with van der Waals surface area (Å²) in [4.78, 5) is 0. The Labute approximate surface area is 115 Å². The maximum absolute atomic E-state index is 5.75. The van der Waals surface area contributed by atoms with E-state index in [1.165, 1.54) is 0 Å². The van der Waals surface area contributed by atoms with E-state index in [2.05, 4.69) is 22.6 Å². The monoisotopic (exact) mass is 370 g/mol. The predicted octanol–water partition coefficient (Wildman–Crippen LogP) is 2.32. The minimum atomic E-state index is -0.00390. The van der Waals surface area contributed by atoms with Gasteiger partial charge in [0.2, 0.25) is 0 Å². The summed E-state index contributed by atoms with van der Waals surface area (Å²) in [5, 5.41) is 0. The van der Waals surface area contributed by atoms with Crippen LogP contribution in [-0.4, -0.2) is 55.3 Å². The Balaban J connectivity index is 3.38. The normalized spacial score (nSPS) is 15.2. The highest BCUT2D eigenvalue weighted by atomic mass is 127. The number of halogens is 3. The topological polar surface area (TPSA) is 27.7 Å². The molecule has 0 saturated carbocycles. The fourth-order valence-corrected chi connectivity index (χ4v) is 2.11. The van der Waals surface area contributed by atoms with Crippen LogP contribution in [0, 0.1) is 0 Å². The third-order valence-electron chi connectivity index (χ3n) is 1.69. The first-order valence-corrected chi connectivity index (χ1v) is 7.02. The van der Waals surface area contributed by atoms with Crippen LogP contribution in [0.5, 0.6) is 0 Å². The van der Waals surface area contributed by atoms with Crippen LogP contribution in [-0.2, 0) is 14.2 Å². The summed E-state index contributed by atoms with van der Waals surface area (Å²) >= 11 is 13.7. The lowest BCUT2D eigenvalue weighted by Gasteiger charge is -2.18. The fraction of sp³-hybridized carbons (Fsp3) is 1.00. The van der Waals surface area contributed by atoms with Crippen LogP contribution in [0.2, 0.25) is 0 Å². The smallest absolute Gasteiger partial charge is 0.0840 e. The van der Waals surface area contributed by atoms with E-state index in [-0.39, 0.29) is 10.0 Å². The molecule has 0 aromatic heterocycles. The third kappa shape index (κ3) is 8.94. The molecule has 0 rings (SSSR count). The van der Waals surface area contributed by atoms with E-state index < -0.39 is 0 Å². The average molecular weight is 371 g/mol. The lowest BCUT2D eigenvalue weighted by Crippen LogP contribution is -2.28. The van der Waals surface area contributed by atoms with Crippen molar-refractivity contribution in [2.75, 3.05) is 45.3 Å². The number of rotatable bonds is 10. The number of ether oxygens (including phenoxy) is 3. The number of hydrogen-bond donors (Lipinski definition) is 0. The second-order valence-corrected chi connectivity index (χ2v) is 5.06. The van der Waals surface area contributed by atoms with E-state index >= 15 is 0 Å². The van der Waals surface area contributed by atoms with Gasteiger partial charge in [0.1, 0.15) is 0 Å². The van der Waals surface area contributed by atoms with Crippen molar-refractivity contribution >= 4 is 45.8 Å². The summed E-state index contributed by atoms with van der Waals surface area (Å²) in [6.07, 6.45) is -0.00390. The zero-order valence-electron chi connectivity index (χ0n) is 8.76. The molecule has 0 radical (unpaired) electrons. The highest BCUT2D eigenvalue weighted by molar-refractivity contribution is 14.1. The first kappa shape index (κ1) is 16.2. The van der Waals surface area contributed by atoms with Crippen LogP contribution in [0.1, 0.15) is 0 Å². The Morgan fingerprint density at radius 3 is 2.27 bits per heavy atom. The van der Waals surface area contributed by atoms with Gasteiger partial charge in [-0.25, -0.2) is 0 Å². The van der Waals surface area contributed by atoms with Crippen LogP contribution in [0.25, 0.3) is 0 Å². The largest absolute Gasteiger partial charge is 0.382 e. The van der Waals surface area contributed by atoms with Gasteiger partial charge in [0.05, 0.1) is 36.5 Å². The van der Waals surface area contributed by atoms with Crippen LogP contribution >= 0.6 is 45.8 Å². The van der Waals surface area contributed by atoms with Crippen LogP contribution in [0.3, 0.4) is 0 Å². The first-order chi connectivity index (χ1) is 7.26. The Morgan fingerprint density at radius 2 is 1.73 bits per heavy atom. The zero-order valence-corrected chi connectivity index (χ0v) is 12.4. The van der Waals surface area contributed by atoms with E-state index in [4.69, 9.17) is 37.4 Å². The Hall–Kier alpha value is 1.19. The Kier molecular flexibility index (Phi) is 12.6. The van der Waals surface area contributed by atoms with Crippen molar-refractivity contribution < 1.29 is 14.2 Å². The predicted molar refractivity (Wildman–Crippen MR) is 71.7 cm³/mol. The molecule has 0 aromatic rings. The lowest BCUT2D eigenvalue weighted by molar-refractivity contribution is 0.00284. The molecule has 3 nitrogen and oxygen atoms in total. The standard InChI is InChI=1S/C9H17Cl2IO3/c1-13-2-3-14-4-5-15-9(7-11)8(12)6-10/h8-9H,2-7H2,1H3. The molecule has 0 aromatic carbocycles. The van der Waals surface area contributed by atoms with E-state index in [0.717, 1.165) is 0 Å². The summed E-state index contributed by atoms with van der Waals surface area (Å²) in [6.45, 7) is 2.30. The third-order valence-corrected chi connectivity index (χ3v) is 4.09. The summed E-state index contributed by atoms with van der Waals surface area (Å²) in [5.41, 5.74) is 0. The van der Waals surface area contributed by atoms with Gasteiger partial charge in [0.25, 0.3) is 0 Å². The zero-order chi connectivity index (χ0) is 11.5. The number of hydrogen-bond acceptors (Lipinski definition) is 3. The van der Waals surface area contributed by atoms with Crippen molar-refractivity contribution in [1.82, 2.24) is 0 Å². The Bertz CT molecular complexity index is 141. The molecule has 6 heteroatoms. The molecule has 2 atom stereocenters. The van der Waals surface area contributed by atoms with E-state index in [0.29, 0.717) is 38.2 Å². The summed E-state index contributed by atoms with van der Waals surface area (Å²) < 4.78 is 15.9. The molecular weight excluding hydrogens is 354 g/mol. The maximum Gasteiger partial charge on any atom is 0.0840 e. The maximum atomic E-state index is 5.75. The molecule has 0 saturated heterocycles. The fourth-order valence-electron chi connectivity index (χ4n) is 0.848. The Morgan fingerprint density at radius 1 is 1.07 bits per heavy atom. The van der Waals surface area contributed by atoms with Gasteiger partial charge in [-0.15, -0.1) is 23.2 Å². The van der Waals surface area contributed by atoms with Gasteiger partial charge >= 0.3 is 0 Å². The summed E-state index contributed by atoms with van der Waals surface area (Å²) in [5.74, 6) is 1.00. The highest BCUT2D eigenvalue weighted by Gasteiger charge is 2.17. The highest BCUT2D eigenvalue weighted by Crippen LogP contribution is 2.13. The average Bonchev–Trinajstić information content (AvgIpc) is 2.27. The van der Waals surface area contributed by atoms with Crippen molar-refractivity contribution in [3.05, 3.63) is 0 Å².